The molecule has 7 heteroatoms. The Labute approximate surface area is 124 Å². The Morgan fingerprint density at radius 2 is 2.00 bits per heavy atom. The number of carboxylic acid groups (broad SMARTS) is 1. The molecule has 118 valence electrons. The summed E-state index contributed by atoms with van der Waals surface area (Å²) < 4.78 is 0. The van der Waals surface area contributed by atoms with Crippen LogP contribution < -0.4 is 5.32 Å². The molecule has 2 aliphatic rings. The van der Waals surface area contributed by atoms with Crippen LogP contribution in [0, 0.1) is 5.41 Å². The number of carbonyl (C=O) groups excluding carboxylic acids is 2. The number of amides is 3. The van der Waals surface area contributed by atoms with E-state index in [-0.39, 0.29) is 11.9 Å². The average molecular weight is 297 g/mol. The number of likely N-dealkylation sites (tertiary alicyclic amines) is 1. The Morgan fingerprint density at radius 1 is 1.33 bits per heavy atom. The fourth-order valence-electron chi connectivity index (χ4n) is 3.03. The normalized spacial score (nSPS) is 29.0. The third-order valence-corrected chi connectivity index (χ3v) is 4.65. The third-order valence-electron chi connectivity index (χ3n) is 4.65. The van der Waals surface area contributed by atoms with E-state index in [4.69, 9.17) is 0 Å². The van der Waals surface area contributed by atoms with Crippen molar-refractivity contribution in [1.82, 2.24) is 15.1 Å². The summed E-state index contributed by atoms with van der Waals surface area (Å²) in [6, 6.07) is -0.371. The number of hydrogen-bond acceptors (Lipinski definition) is 4. The lowest BCUT2D eigenvalue weighted by atomic mass is 9.84. The number of carboxylic acids is 1. The Morgan fingerprint density at radius 3 is 2.43 bits per heavy atom. The van der Waals surface area contributed by atoms with Gasteiger partial charge >= 0.3 is 12.0 Å². The molecule has 1 atom stereocenters. The van der Waals surface area contributed by atoms with E-state index in [1.807, 2.05) is 11.8 Å². The number of hydrogen-bond donors (Lipinski definition) is 2. The van der Waals surface area contributed by atoms with Crippen LogP contribution in [0.4, 0.5) is 4.79 Å². The quantitative estimate of drug-likeness (QED) is 0.721. The van der Waals surface area contributed by atoms with E-state index in [1.165, 1.54) is 4.90 Å². The van der Waals surface area contributed by atoms with Crippen molar-refractivity contribution in [2.75, 3.05) is 26.2 Å². The molecule has 2 fully saturated rings. The highest BCUT2D eigenvalue weighted by Gasteiger charge is 2.46. The van der Waals surface area contributed by atoms with Crippen molar-refractivity contribution in [2.45, 2.75) is 39.2 Å². The van der Waals surface area contributed by atoms with Crippen molar-refractivity contribution in [1.29, 1.82) is 0 Å². The lowest BCUT2D eigenvalue weighted by Gasteiger charge is -2.24. The van der Waals surface area contributed by atoms with Gasteiger partial charge in [0.15, 0.2) is 0 Å². The molecule has 0 spiro atoms. The van der Waals surface area contributed by atoms with E-state index >= 15 is 0 Å². The van der Waals surface area contributed by atoms with Crippen LogP contribution in [-0.2, 0) is 9.59 Å². The van der Waals surface area contributed by atoms with Gasteiger partial charge in [-0.1, -0.05) is 6.92 Å². The molecular weight excluding hydrogens is 274 g/mol. The minimum Gasteiger partial charge on any atom is -0.481 e. The first-order valence-corrected chi connectivity index (χ1v) is 7.32. The van der Waals surface area contributed by atoms with Crippen LogP contribution in [0.5, 0.6) is 0 Å². The molecule has 0 aromatic carbocycles. The Balaban J connectivity index is 1.92. The molecule has 2 saturated heterocycles. The third kappa shape index (κ3) is 2.74. The first kappa shape index (κ1) is 15.8. The largest absolute Gasteiger partial charge is 0.481 e. The molecule has 0 radical (unpaired) electrons. The summed E-state index contributed by atoms with van der Waals surface area (Å²) in [4.78, 5) is 38.5. The Bertz CT molecular complexity index is 477. The summed E-state index contributed by atoms with van der Waals surface area (Å²) in [6.07, 6.45) is 1.21. The molecular formula is C14H23N3O4. The van der Waals surface area contributed by atoms with E-state index in [2.05, 4.69) is 5.32 Å². The Kier molecular flexibility index (Phi) is 3.97. The van der Waals surface area contributed by atoms with Gasteiger partial charge < -0.3 is 15.3 Å². The van der Waals surface area contributed by atoms with Gasteiger partial charge in [-0.05, 0) is 33.2 Å². The second-order valence-electron chi connectivity index (χ2n) is 6.48. The second kappa shape index (κ2) is 5.29. The predicted molar refractivity (Wildman–Crippen MR) is 75.7 cm³/mol. The number of nitrogens with zero attached hydrogens (tertiary/aromatic N) is 2. The first-order chi connectivity index (χ1) is 9.72. The minimum atomic E-state index is -0.851. The van der Waals surface area contributed by atoms with Gasteiger partial charge in [0.2, 0.25) is 0 Å². The van der Waals surface area contributed by atoms with Gasteiger partial charge in [0.05, 0.1) is 5.41 Å². The van der Waals surface area contributed by atoms with Gasteiger partial charge in [-0.15, -0.1) is 0 Å². The maximum Gasteiger partial charge on any atom is 0.325 e. The molecule has 1 unspecified atom stereocenters. The smallest absolute Gasteiger partial charge is 0.325 e. The zero-order chi connectivity index (χ0) is 15.8. The molecule has 2 N–H and O–H groups in total. The predicted octanol–water partition coefficient (Wildman–Crippen LogP) is 0.504. The molecule has 3 amide bonds. The number of imide groups is 1. The molecule has 0 aliphatic carbocycles. The topological polar surface area (TPSA) is 89.9 Å². The number of nitrogens with one attached hydrogen (secondary N) is 1. The zero-order valence-electron chi connectivity index (χ0n) is 12.8. The van der Waals surface area contributed by atoms with Crippen molar-refractivity contribution in [3.05, 3.63) is 0 Å². The molecule has 21 heavy (non-hydrogen) atoms. The highest BCUT2D eigenvalue weighted by atomic mass is 16.4. The van der Waals surface area contributed by atoms with Gasteiger partial charge in [0, 0.05) is 19.6 Å². The summed E-state index contributed by atoms with van der Waals surface area (Å²) in [5.41, 5.74) is -1.53. The summed E-state index contributed by atoms with van der Waals surface area (Å²) in [6.45, 7) is 7.22. The van der Waals surface area contributed by atoms with Crippen LogP contribution in [0.2, 0.25) is 0 Å². The molecule has 0 aromatic heterocycles. The summed E-state index contributed by atoms with van der Waals surface area (Å²) in [7, 11) is 0. The molecule has 0 saturated carbocycles. The van der Waals surface area contributed by atoms with E-state index in [0.717, 1.165) is 0 Å². The van der Waals surface area contributed by atoms with Crippen LogP contribution in [-0.4, -0.2) is 64.5 Å². The highest BCUT2D eigenvalue weighted by Crippen LogP contribution is 2.34. The van der Waals surface area contributed by atoms with Crippen molar-refractivity contribution < 1.29 is 19.5 Å². The van der Waals surface area contributed by atoms with Crippen LogP contribution in [0.25, 0.3) is 0 Å². The van der Waals surface area contributed by atoms with E-state index in [0.29, 0.717) is 39.0 Å². The summed E-state index contributed by atoms with van der Waals surface area (Å²) in [5.74, 6) is -0.990. The molecule has 7 nitrogen and oxygen atoms in total. The molecule has 0 aromatic rings. The van der Waals surface area contributed by atoms with Gasteiger partial charge in [0.1, 0.15) is 5.54 Å². The van der Waals surface area contributed by atoms with Crippen LogP contribution in [0.3, 0.4) is 0 Å². The molecule has 2 aliphatic heterocycles. The maximum atomic E-state index is 12.1. The van der Waals surface area contributed by atoms with Crippen LogP contribution in [0.15, 0.2) is 0 Å². The highest BCUT2D eigenvalue weighted by molar-refractivity contribution is 6.06. The first-order valence-electron chi connectivity index (χ1n) is 7.32. The number of urea groups is 1. The standard InChI is InChI=1S/C14H23N3O4/c1-4-14(11(19)20)5-6-16(9-14)7-8-17-10(18)13(2,3)15-12(17)21/h4-9H2,1-3H3,(H,15,21)(H,19,20). The van der Waals surface area contributed by atoms with Crippen molar-refractivity contribution in [3.63, 3.8) is 0 Å². The van der Waals surface area contributed by atoms with E-state index < -0.39 is 16.9 Å². The number of carbonyl (C=O) groups is 3. The maximum absolute atomic E-state index is 12.1. The van der Waals surface area contributed by atoms with Crippen molar-refractivity contribution in [2.24, 2.45) is 5.41 Å². The molecule has 0 bridgehead atoms. The SMILES string of the molecule is CCC1(C(=O)O)CCN(CCN2C(=O)NC(C)(C)C2=O)C1. The van der Waals surface area contributed by atoms with Crippen molar-refractivity contribution in [3.8, 4) is 0 Å². The molecule has 2 heterocycles. The fourth-order valence-corrected chi connectivity index (χ4v) is 3.03. The summed E-state index contributed by atoms with van der Waals surface area (Å²) >= 11 is 0. The van der Waals surface area contributed by atoms with Crippen LogP contribution >= 0.6 is 0 Å². The lowest BCUT2D eigenvalue weighted by Crippen LogP contribution is -2.42. The lowest BCUT2D eigenvalue weighted by molar-refractivity contribution is -0.148. The van der Waals surface area contributed by atoms with E-state index in [9.17, 15) is 19.5 Å². The minimum absolute atomic E-state index is 0.230. The van der Waals surface area contributed by atoms with Gasteiger partial charge in [0.25, 0.3) is 5.91 Å². The number of rotatable bonds is 5. The van der Waals surface area contributed by atoms with Gasteiger partial charge in [-0.3, -0.25) is 14.5 Å². The second-order valence-corrected chi connectivity index (χ2v) is 6.48. The van der Waals surface area contributed by atoms with Gasteiger partial charge in [-0.2, -0.15) is 0 Å². The average Bonchev–Trinajstić information content (AvgIpc) is 2.90. The number of aliphatic carboxylic acids is 1. The van der Waals surface area contributed by atoms with Crippen LogP contribution in [0.1, 0.15) is 33.6 Å². The van der Waals surface area contributed by atoms with Crippen molar-refractivity contribution >= 4 is 17.9 Å². The zero-order valence-corrected chi connectivity index (χ0v) is 12.8. The fraction of sp³-hybridized carbons (Fsp3) is 0.786. The summed E-state index contributed by atoms with van der Waals surface area (Å²) in [5, 5.41) is 12.0. The van der Waals surface area contributed by atoms with Gasteiger partial charge in [-0.25, -0.2) is 4.79 Å². The monoisotopic (exact) mass is 297 g/mol. The van der Waals surface area contributed by atoms with E-state index in [1.54, 1.807) is 13.8 Å². The Hall–Kier alpha value is -1.63. The molecule has 2 rings (SSSR count).